The van der Waals surface area contributed by atoms with Crippen LogP contribution < -0.4 is 5.32 Å². The fourth-order valence-electron chi connectivity index (χ4n) is 1.78. The lowest BCUT2D eigenvalue weighted by Crippen LogP contribution is -2.10. The minimum Gasteiger partial charge on any atom is -0.394 e. The maximum atomic E-state index is 9.04. The number of halogens is 1. The fourth-order valence-corrected chi connectivity index (χ4v) is 2.98. The van der Waals surface area contributed by atoms with Gasteiger partial charge in [-0.05, 0) is 46.8 Å². The maximum Gasteiger partial charge on any atom is 0.127 e. The molecule has 6 heteroatoms. The summed E-state index contributed by atoms with van der Waals surface area (Å²) in [6, 6.07) is 2.10. The highest BCUT2D eigenvalue weighted by molar-refractivity contribution is 9.11. The lowest BCUT2D eigenvalue weighted by Gasteiger charge is -2.09. The van der Waals surface area contributed by atoms with E-state index in [0.717, 1.165) is 27.4 Å². The largest absolute Gasteiger partial charge is 0.394 e. The first kappa shape index (κ1) is 13.6. The molecule has 0 fully saturated rings. The van der Waals surface area contributed by atoms with Gasteiger partial charge in [0.1, 0.15) is 5.82 Å². The minimum absolute atomic E-state index is 0.0965. The van der Waals surface area contributed by atoms with Crippen molar-refractivity contribution in [2.24, 2.45) is 0 Å². The molecule has 4 nitrogen and oxygen atoms in total. The molecule has 98 valence electrons. The number of hydrogen-bond acceptors (Lipinski definition) is 4. The third kappa shape index (κ3) is 2.93. The zero-order valence-corrected chi connectivity index (χ0v) is 12.8. The van der Waals surface area contributed by atoms with Crippen molar-refractivity contribution in [1.82, 2.24) is 9.78 Å². The summed E-state index contributed by atoms with van der Waals surface area (Å²) >= 11 is 5.13. The monoisotopic (exact) mass is 329 g/mol. The summed E-state index contributed by atoms with van der Waals surface area (Å²) in [7, 11) is 0. The number of rotatable bonds is 5. The second-order valence-electron chi connectivity index (χ2n) is 4.12. The topological polar surface area (TPSA) is 50.1 Å². The van der Waals surface area contributed by atoms with E-state index in [-0.39, 0.29) is 6.61 Å². The Morgan fingerprint density at radius 1 is 1.50 bits per heavy atom. The van der Waals surface area contributed by atoms with Crippen molar-refractivity contribution in [3.63, 3.8) is 0 Å². The number of thiophene rings is 1. The third-order valence-corrected chi connectivity index (χ3v) is 4.37. The van der Waals surface area contributed by atoms with E-state index < -0.39 is 0 Å². The number of nitrogens with zero attached hydrogens (tertiary/aromatic N) is 2. The predicted molar refractivity (Wildman–Crippen MR) is 78.1 cm³/mol. The molecule has 0 saturated carbocycles. The zero-order chi connectivity index (χ0) is 13.1. The number of nitrogens with one attached hydrogen (secondary N) is 1. The number of aliphatic hydroxyl groups excluding tert-OH is 1. The van der Waals surface area contributed by atoms with Crippen LogP contribution in [0.2, 0.25) is 0 Å². The second-order valence-corrected chi connectivity index (χ2v) is 6.41. The molecular weight excluding hydrogens is 314 g/mol. The molecule has 0 radical (unpaired) electrons. The van der Waals surface area contributed by atoms with Gasteiger partial charge >= 0.3 is 0 Å². The molecule has 0 aliphatic rings. The molecule has 0 aromatic carbocycles. The zero-order valence-electron chi connectivity index (χ0n) is 10.4. The number of aliphatic hydroxyl groups is 1. The molecule has 0 spiro atoms. The SMILES string of the molecule is Cc1nn(CCO)c(NCc2csc(Br)c2)c1C. The summed E-state index contributed by atoms with van der Waals surface area (Å²) in [6.07, 6.45) is 0. The van der Waals surface area contributed by atoms with Crippen molar-refractivity contribution in [2.75, 3.05) is 11.9 Å². The molecule has 18 heavy (non-hydrogen) atoms. The Bertz CT molecular complexity index is 535. The Labute approximate surface area is 119 Å². The first-order valence-corrected chi connectivity index (χ1v) is 7.40. The number of aryl methyl sites for hydroxylation is 1. The molecule has 0 saturated heterocycles. The van der Waals surface area contributed by atoms with Crippen LogP contribution >= 0.6 is 27.3 Å². The van der Waals surface area contributed by atoms with Gasteiger partial charge in [0.05, 0.1) is 22.6 Å². The normalized spacial score (nSPS) is 10.9. The Morgan fingerprint density at radius 3 is 2.89 bits per heavy atom. The van der Waals surface area contributed by atoms with Crippen LogP contribution in [0.5, 0.6) is 0 Å². The Morgan fingerprint density at radius 2 is 2.28 bits per heavy atom. The van der Waals surface area contributed by atoms with Crippen molar-refractivity contribution >= 4 is 33.1 Å². The summed E-state index contributed by atoms with van der Waals surface area (Å²) in [4.78, 5) is 0. The Balaban J connectivity index is 2.12. The number of hydrogen-bond donors (Lipinski definition) is 2. The standard InChI is InChI=1S/C12H16BrN3OS/c1-8-9(2)15-16(3-4-17)12(8)14-6-10-5-11(13)18-7-10/h5,7,14,17H,3-4,6H2,1-2H3. The van der Waals surface area contributed by atoms with Crippen molar-refractivity contribution in [3.8, 4) is 0 Å². The van der Waals surface area contributed by atoms with Crippen LogP contribution in [0.25, 0.3) is 0 Å². The van der Waals surface area contributed by atoms with Gasteiger partial charge in [0.15, 0.2) is 0 Å². The third-order valence-electron chi connectivity index (χ3n) is 2.82. The predicted octanol–water partition coefficient (Wildman–Crippen LogP) is 2.93. The van der Waals surface area contributed by atoms with E-state index in [9.17, 15) is 0 Å². The van der Waals surface area contributed by atoms with Gasteiger partial charge in [0.2, 0.25) is 0 Å². The van der Waals surface area contributed by atoms with Crippen LogP contribution in [0.3, 0.4) is 0 Å². The van der Waals surface area contributed by atoms with Crippen LogP contribution in [0.1, 0.15) is 16.8 Å². The van der Waals surface area contributed by atoms with E-state index in [0.29, 0.717) is 6.54 Å². The summed E-state index contributed by atoms with van der Waals surface area (Å²) in [5.74, 6) is 0.990. The summed E-state index contributed by atoms with van der Waals surface area (Å²) in [5.41, 5.74) is 3.37. The van der Waals surface area contributed by atoms with Crippen LogP contribution in [0, 0.1) is 13.8 Å². The average molecular weight is 330 g/mol. The highest BCUT2D eigenvalue weighted by atomic mass is 79.9. The van der Waals surface area contributed by atoms with E-state index in [1.165, 1.54) is 5.56 Å². The summed E-state index contributed by atoms with van der Waals surface area (Å²) in [6.45, 7) is 5.40. The molecule has 2 aromatic heterocycles. The van der Waals surface area contributed by atoms with Gasteiger partial charge in [-0.2, -0.15) is 5.10 Å². The summed E-state index contributed by atoms with van der Waals surface area (Å²) in [5, 5.41) is 19.0. The molecule has 0 aliphatic heterocycles. The average Bonchev–Trinajstić information content (AvgIpc) is 2.84. The molecule has 2 aromatic rings. The number of anilines is 1. The van der Waals surface area contributed by atoms with Crippen molar-refractivity contribution in [3.05, 3.63) is 32.1 Å². The van der Waals surface area contributed by atoms with Gasteiger partial charge in [-0.3, -0.25) is 0 Å². The van der Waals surface area contributed by atoms with Crippen LogP contribution in [0.15, 0.2) is 15.2 Å². The first-order chi connectivity index (χ1) is 8.61. The van der Waals surface area contributed by atoms with Crippen molar-refractivity contribution in [2.45, 2.75) is 26.9 Å². The molecular formula is C12H16BrN3OS. The molecule has 2 N–H and O–H groups in total. The minimum atomic E-state index is 0.0965. The first-order valence-electron chi connectivity index (χ1n) is 5.73. The molecule has 0 amide bonds. The Hall–Kier alpha value is -0.850. The quantitative estimate of drug-likeness (QED) is 0.886. The van der Waals surface area contributed by atoms with Crippen molar-refractivity contribution in [1.29, 1.82) is 0 Å². The van der Waals surface area contributed by atoms with Crippen LogP contribution in [-0.4, -0.2) is 21.5 Å². The maximum absolute atomic E-state index is 9.04. The molecule has 0 bridgehead atoms. The molecule has 0 aliphatic carbocycles. The van der Waals surface area contributed by atoms with Crippen LogP contribution in [-0.2, 0) is 13.1 Å². The molecule has 0 unspecified atom stereocenters. The molecule has 2 heterocycles. The number of aromatic nitrogens is 2. The fraction of sp³-hybridized carbons (Fsp3) is 0.417. The van der Waals surface area contributed by atoms with Gasteiger partial charge in [-0.1, -0.05) is 0 Å². The molecule has 2 rings (SSSR count). The highest BCUT2D eigenvalue weighted by Crippen LogP contribution is 2.23. The van der Waals surface area contributed by atoms with Gasteiger partial charge in [-0.15, -0.1) is 11.3 Å². The van der Waals surface area contributed by atoms with E-state index in [1.54, 1.807) is 11.3 Å². The van der Waals surface area contributed by atoms with Crippen molar-refractivity contribution < 1.29 is 5.11 Å². The van der Waals surface area contributed by atoms with E-state index in [2.05, 4.69) is 37.8 Å². The lowest BCUT2D eigenvalue weighted by molar-refractivity contribution is 0.270. The van der Waals surface area contributed by atoms with Gasteiger partial charge < -0.3 is 10.4 Å². The second kappa shape index (κ2) is 5.86. The smallest absolute Gasteiger partial charge is 0.127 e. The highest BCUT2D eigenvalue weighted by Gasteiger charge is 2.10. The van der Waals surface area contributed by atoms with Gasteiger partial charge in [0.25, 0.3) is 0 Å². The lowest BCUT2D eigenvalue weighted by atomic mass is 10.2. The van der Waals surface area contributed by atoms with Gasteiger partial charge in [0, 0.05) is 12.1 Å². The molecule has 0 atom stereocenters. The van der Waals surface area contributed by atoms with Crippen LogP contribution in [0.4, 0.5) is 5.82 Å². The van der Waals surface area contributed by atoms with E-state index in [1.807, 2.05) is 18.5 Å². The van der Waals surface area contributed by atoms with E-state index >= 15 is 0 Å². The van der Waals surface area contributed by atoms with Gasteiger partial charge in [-0.25, -0.2) is 4.68 Å². The summed E-state index contributed by atoms with van der Waals surface area (Å²) < 4.78 is 2.96. The van der Waals surface area contributed by atoms with E-state index in [4.69, 9.17) is 5.11 Å². The Kier molecular flexibility index (Phi) is 4.42.